The molecule has 9 heteroatoms. The molecule has 158 valence electrons. The number of nitrogens with zero attached hydrogens (tertiary/aromatic N) is 2. The van der Waals surface area contributed by atoms with Crippen LogP contribution < -0.4 is 5.32 Å². The lowest BCUT2D eigenvalue weighted by atomic mass is 9.97. The molecule has 1 atom stereocenters. The van der Waals surface area contributed by atoms with Gasteiger partial charge in [-0.1, -0.05) is 12.1 Å². The predicted octanol–water partition coefficient (Wildman–Crippen LogP) is 3.46. The van der Waals surface area contributed by atoms with Crippen molar-refractivity contribution in [1.29, 1.82) is 5.26 Å². The van der Waals surface area contributed by atoms with Gasteiger partial charge in [-0.3, -0.25) is 9.69 Å². The van der Waals surface area contributed by atoms with Gasteiger partial charge < -0.3 is 10.4 Å². The van der Waals surface area contributed by atoms with Crippen molar-refractivity contribution in [2.75, 3.05) is 18.4 Å². The second-order valence-electron chi connectivity index (χ2n) is 7.44. The SMILES string of the molecule is C[C@](O)(CN1CCc2c(F)cccc2C1)C(=O)Nc1ccc(C#N)c(C(F)(F)F)c1. The molecule has 0 aliphatic carbocycles. The van der Waals surface area contributed by atoms with Crippen molar-refractivity contribution in [1.82, 2.24) is 4.90 Å². The van der Waals surface area contributed by atoms with Crippen LogP contribution in [0.4, 0.5) is 23.2 Å². The fraction of sp³-hybridized carbons (Fsp3) is 0.333. The second kappa shape index (κ2) is 8.05. The van der Waals surface area contributed by atoms with E-state index in [1.807, 2.05) is 0 Å². The average Bonchev–Trinajstić information content (AvgIpc) is 2.67. The Bertz CT molecular complexity index is 1010. The summed E-state index contributed by atoms with van der Waals surface area (Å²) in [6, 6.07) is 8.99. The molecule has 5 nitrogen and oxygen atoms in total. The highest BCUT2D eigenvalue weighted by molar-refractivity contribution is 5.97. The molecule has 0 aromatic heterocycles. The van der Waals surface area contributed by atoms with Crippen molar-refractivity contribution < 1.29 is 27.5 Å². The van der Waals surface area contributed by atoms with Gasteiger partial charge in [0.25, 0.3) is 5.91 Å². The highest BCUT2D eigenvalue weighted by Crippen LogP contribution is 2.33. The van der Waals surface area contributed by atoms with E-state index in [0.29, 0.717) is 31.1 Å². The number of fused-ring (bicyclic) bond motifs is 1. The van der Waals surface area contributed by atoms with Gasteiger partial charge in [-0.15, -0.1) is 0 Å². The average molecular weight is 421 g/mol. The number of nitriles is 1. The number of benzene rings is 2. The molecule has 1 aliphatic heterocycles. The summed E-state index contributed by atoms with van der Waals surface area (Å²) in [5.74, 6) is -1.18. The molecule has 3 rings (SSSR count). The Balaban J connectivity index is 1.72. The molecule has 0 spiro atoms. The number of alkyl halides is 3. The van der Waals surface area contributed by atoms with Crippen LogP contribution >= 0.6 is 0 Å². The van der Waals surface area contributed by atoms with E-state index in [9.17, 15) is 27.5 Å². The van der Waals surface area contributed by atoms with E-state index >= 15 is 0 Å². The summed E-state index contributed by atoms with van der Waals surface area (Å²) >= 11 is 0. The Morgan fingerprint density at radius 1 is 1.30 bits per heavy atom. The molecular formula is C21H19F4N3O2. The third kappa shape index (κ3) is 4.61. The maximum atomic E-state index is 13.8. The fourth-order valence-corrected chi connectivity index (χ4v) is 3.48. The smallest absolute Gasteiger partial charge is 0.379 e. The summed E-state index contributed by atoms with van der Waals surface area (Å²) < 4.78 is 53.1. The number of amides is 1. The third-order valence-corrected chi connectivity index (χ3v) is 5.01. The van der Waals surface area contributed by atoms with Gasteiger partial charge in [-0.25, -0.2) is 4.39 Å². The predicted molar refractivity (Wildman–Crippen MR) is 101 cm³/mol. The number of carbonyl (C=O) groups is 1. The normalized spacial score (nSPS) is 16.3. The summed E-state index contributed by atoms with van der Waals surface area (Å²) in [4.78, 5) is 14.3. The van der Waals surface area contributed by atoms with Crippen LogP contribution in [0.25, 0.3) is 0 Å². The molecule has 1 heterocycles. The molecule has 0 unspecified atom stereocenters. The molecule has 0 radical (unpaired) electrons. The molecular weight excluding hydrogens is 402 g/mol. The molecule has 0 bridgehead atoms. The van der Waals surface area contributed by atoms with E-state index in [1.165, 1.54) is 25.1 Å². The van der Waals surface area contributed by atoms with Gasteiger partial charge in [0, 0.05) is 25.3 Å². The van der Waals surface area contributed by atoms with Gasteiger partial charge in [-0.2, -0.15) is 18.4 Å². The van der Waals surface area contributed by atoms with E-state index in [0.717, 1.165) is 11.6 Å². The summed E-state index contributed by atoms with van der Waals surface area (Å²) in [7, 11) is 0. The third-order valence-electron chi connectivity index (χ3n) is 5.01. The number of nitrogens with one attached hydrogen (secondary N) is 1. The topological polar surface area (TPSA) is 76.4 Å². The minimum absolute atomic E-state index is 0.0861. The first kappa shape index (κ1) is 21.7. The van der Waals surface area contributed by atoms with Crippen LogP contribution in [0.15, 0.2) is 36.4 Å². The Hall–Kier alpha value is -2.96. The summed E-state index contributed by atoms with van der Waals surface area (Å²) in [6.45, 7) is 1.94. The van der Waals surface area contributed by atoms with Gasteiger partial charge in [0.15, 0.2) is 5.60 Å². The molecule has 2 aromatic rings. The van der Waals surface area contributed by atoms with Crippen molar-refractivity contribution >= 4 is 11.6 Å². The van der Waals surface area contributed by atoms with E-state index in [-0.39, 0.29) is 18.0 Å². The van der Waals surface area contributed by atoms with Crippen molar-refractivity contribution in [3.63, 3.8) is 0 Å². The number of carbonyl (C=O) groups excluding carboxylic acids is 1. The first-order valence-corrected chi connectivity index (χ1v) is 9.15. The van der Waals surface area contributed by atoms with Crippen molar-refractivity contribution in [2.24, 2.45) is 0 Å². The van der Waals surface area contributed by atoms with Crippen LogP contribution in [-0.4, -0.2) is 34.6 Å². The van der Waals surface area contributed by atoms with E-state index in [1.54, 1.807) is 17.0 Å². The van der Waals surface area contributed by atoms with Crippen LogP contribution in [0.5, 0.6) is 0 Å². The maximum absolute atomic E-state index is 13.8. The Morgan fingerprint density at radius 3 is 2.70 bits per heavy atom. The number of halogens is 4. The monoisotopic (exact) mass is 421 g/mol. The molecule has 0 saturated carbocycles. The Morgan fingerprint density at radius 2 is 2.03 bits per heavy atom. The zero-order valence-electron chi connectivity index (χ0n) is 16.1. The minimum Gasteiger partial charge on any atom is -0.379 e. The first-order chi connectivity index (χ1) is 14.0. The van der Waals surface area contributed by atoms with Crippen molar-refractivity contribution in [3.05, 3.63) is 64.5 Å². The molecule has 0 fully saturated rings. The first-order valence-electron chi connectivity index (χ1n) is 9.15. The van der Waals surface area contributed by atoms with Gasteiger partial charge >= 0.3 is 6.18 Å². The van der Waals surface area contributed by atoms with Crippen LogP contribution in [0, 0.1) is 17.1 Å². The number of hydrogen-bond donors (Lipinski definition) is 2. The van der Waals surface area contributed by atoms with Gasteiger partial charge in [0.2, 0.25) is 0 Å². The number of rotatable bonds is 4. The molecule has 0 saturated heterocycles. The highest BCUT2D eigenvalue weighted by atomic mass is 19.4. The lowest BCUT2D eigenvalue weighted by molar-refractivity contribution is -0.138. The van der Waals surface area contributed by atoms with Gasteiger partial charge in [0.05, 0.1) is 17.2 Å². The quantitative estimate of drug-likeness (QED) is 0.742. The van der Waals surface area contributed by atoms with Crippen LogP contribution in [0.2, 0.25) is 0 Å². The van der Waals surface area contributed by atoms with Gasteiger partial charge in [0.1, 0.15) is 5.82 Å². The molecule has 2 N–H and O–H groups in total. The summed E-state index contributed by atoms with van der Waals surface area (Å²) in [5.41, 5.74) is -2.45. The van der Waals surface area contributed by atoms with E-state index in [4.69, 9.17) is 5.26 Å². The largest absolute Gasteiger partial charge is 0.417 e. The van der Waals surface area contributed by atoms with Crippen LogP contribution in [0.1, 0.15) is 29.2 Å². The zero-order valence-corrected chi connectivity index (χ0v) is 16.1. The molecule has 30 heavy (non-hydrogen) atoms. The lowest BCUT2D eigenvalue weighted by Crippen LogP contribution is -2.50. The number of anilines is 1. The van der Waals surface area contributed by atoms with Crippen molar-refractivity contribution in [3.8, 4) is 6.07 Å². The van der Waals surface area contributed by atoms with Crippen molar-refractivity contribution in [2.45, 2.75) is 31.7 Å². The Labute approximate surface area is 170 Å². The number of hydrogen-bond acceptors (Lipinski definition) is 4. The molecule has 1 amide bonds. The summed E-state index contributed by atoms with van der Waals surface area (Å²) in [6.07, 6.45) is -4.34. The van der Waals surface area contributed by atoms with Gasteiger partial charge in [-0.05, 0) is 48.7 Å². The maximum Gasteiger partial charge on any atom is 0.417 e. The number of aliphatic hydroxyl groups is 1. The fourth-order valence-electron chi connectivity index (χ4n) is 3.48. The lowest BCUT2D eigenvalue weighted by Gasteiger charge is -2.34. The second-order valence-corrected chi connectivity index (χ2v) is 7.44. The molecule has 2 aromatic carbocycles. The minimum atomic E-state index is -4.76. The summed E-state index contributed by atoms with van der Waals surface area (Å²) in [5, 5.41) is 21.8. The Kier molecular flexibility index (Phi) is 5.83. The van der Waals surface area contributed by atoms with E-state index < -0.39 is 28.8 Å². The number of β-amino-alcohol motifs (C(OH)–C–C–N with tert-alkyl or cyclic N) is 1. The highest BCUT2D eigenvalue weighted by Gasteiger charge is 2.36. The van der Waals surface area contributed by atoms with E-state index in [2.05, 4.69) is 5.32 Å². The zero-order chi connectivity index (χ0) is 22.1. The molecule has 1 aliphatic rings. The van der Waals surface area contributed by atoms with Crippen LogP contribution in [-0.2, 0) is 23.9 Å². The standard InChI is InChI=1S/C21H19F4N3O2/c1-20(30,12-28-8-7-16-14(11-28)3-2-4-18(16)22)19(29)27-15-6-5-13(10-26)17(9-15)21(23,24)25/h2-6,9,30H,7-8,11-12H2,1H3,(H,27,29)/t20-/m0/s1. The van der Waals surface area contributed by atoms with Crippen LogP contribution in [0.3, 0.4) is 0 Å².